The van der Waals surface area contributed by atoms with Gasteiger partial charge < -0.3 is 30.0 Å². The molecule has 0 spiro atoms. The number of anilines is 1. The third kappa shape index (κ3) is 4.20. The van der Waals surface area contributed by atoms with E-state index in [1.165, 1.54) is 21.3 Å². The summed E-state index contributed by atoms with van der Waals surface area (Å²) in [7, 11) is 4.51. The predicted molar refractivity (Wildman–Crippen MR) is 74.8 cm³/mol. The summed E-state index contributed by atoms with van der Waals surface area (Å²) < 4.78 is 15.6. The molecule has 0 aliphatic rings. The molecule has 1 rings (SSSR count). The van der Waals surface area contributed by atoms with Crippen molar-refractivity contribution >= 4 is 11.7 Å². The van der Waals surface area contributed by atoms with Gasteiger partial charge in [0.05, 0.1) is 27.0 Å². The molecule has 0 fully saturated rings. The van der Waals surface area contributed by atoms with E-state index in [2.05, 4.69) is 10.6 Å². The minimum absolute atomic E-state index is 0.0322. The second-order valence-corrected chi connectivity index (χ2v) is 3.87. The molecule has 7 nitrogen and oxygen atoms in total. The number of benzene rings is 1. The molecule has 20 heavy (non-hydrogen) atoms. The minimum Gasteiger partial charge on any atom is -0.493 e. The molecule has 112 valence electrons. The van der Waals surface area contributed by atoms with E-state index in [0.717, 1.165) is 0 Å². The van der Waals surface area contributed by atoms with E-state index < -0.39 is 0 Å². The summed E-state index contributed by atoms with van der Waals surface area (Å²) in [6.07, 6.45) is 0.503. The second kappa shape index (κ2) is 8.11. The van der Waals surface area contributed by atoms with Crippen LogP contribution in [-0.2, 0) is 0 Å². The zero-order valence-corrected chi connectivity index (χ0v) is 11.9. The SMILES string of the molecule is COc1cc(NC(=O)NCCCO)cc(OC)c1OC. The Morgan fingerprint density at radius 1 is 1.15 bits per heavy atom. The van der Waals surface area contributed by atoms with Crippen molar-refractivity contribution in [2.45, 2.75) is 6.42 Å². The van der Waals surface area contributed by atoms with Crippen LogP contribution in [0.25, 0.3) is 0 Å². The van der Waals surface area contributed by atoms with Gasteiger partial charge in [0.15, 0.2) is 11.5 Å². The van der Waals surface area contributed by atoms with Crippen molar-refractivity contribution in [3.05, 3.63) is 12.1 Å². The molecule has 0 atom stereocenters. The fraction of sp³-hybridized carbons (Fsp3) is 0.462. The summed E-state index contributed by atoms with van der Waals surface area (Å²) in [5.74, 6) is 1.37. The summed E-state index contributed by atoms with van der Waals surface area (Å²) in [5.41, 5.74) is 0.515. The van der Waals surface area contributed by atoms with E-state index in [0.29, 0.717) is 35.9 Å². The average molecular weight is 284 g/mol. The Kier molecular flexibility index (Phi) is 6.45. The number of urea groups is 1. The van der Waals surface area contributed by atoms with Gasteiger partial charge in [-0.15, -0.1) is 0 Å². The van der Waals surface area contributed by atoms with E-state index >= 15 is 0 Å². The van der Waals surface area contributed by atoms with Crippen molar-refractivity contribution in [3.63, 3.8) is 0 Å². The predicted octanol–water partition coefficient (Wildman–Crippen LogP) is 1.22. The van der Waals surface area contributed by atoms with Crippen molar-refractivity contribution in [3.8, 4) is 17.2 Å². The van der Waals surface area contributed by atoms with Gasteiger partial charge in [0.25, 0.3) is 0 Å². The third-order valence-corrected chi connectivity index (χ3v) is 2.54. The fourth-order valence-corrected chi connectivity index (χ4v) is 1.61. The fourth-order valence-electron chi connectivity index (χ4n) is 1.61. The maximum Gasteiger partial charge on any atom is 0.319 e. The largest absolute Gasteiger partial charge is 0.493 e. The topological polar surface area (TPSA) is 89.1 Å². The Morgan fingerprint density at radius 3 is 2.20 bits per heavy atom. The molecule has 0 saturated heterocycles. The third-order valence-electron chi connectivity index (χ3n) is 2.54. The van der Waals surface area contributed by atoms with Crippen LogP contribution < -0.4 is 24.8 Å². The molecule has 0 heterocycles. The quantitative estimate of drug-likeness (QED) is 0.655. The normalized spacial score (nSPS) is 9.80. The monoisotopic (exact) mass is 284 g/mol. The molecular formula is C13H20N2O5. The first kappa shape index (κ1) is 15.9. The Hall–Kier alpha value is -2.15. The molecule has 0 radical (unpaired) electrons. The van der Waals surface area contributed by atoms with Gasteiger partial charge in [-0.3, -0.25) is 0 Å². The molecule has 0 aliphatic carbocycles. The first-order valence-corrected chi connectivity index (χ1v) is 6.12. The Balaban J connectivity index is 2.82. The lowest BCUT2D eigenvalue weighted by molar-refractivity contribution is 0.249. The van der Waals surface area contributed by atoms with Gasteiger partial charge in [-0.1, -0.05) is 0 Å². The molecule has 0 saturated carbocycles. The van der Waals surface area contributed by atoms with Gasteiger partial charge in [0.2, 0.25) is 5.75 Å². The van der Waals surface area contributed by atoms with Crippen molar-refractivity contribution in [2.24, 2.45) is 0 Å². The number of carbonyl (C=O) groups excluding carboxylic acids is 1. The number of carbonyl (C=O) groups is 1. The van der Waals surface area contributed by atoms with Crippen molar-refractivity contribution in [1.29, 1.82) is 0 Å². The number of methoxy groups -OCH3 is 3. The minimum atomic E-state index is -0.368. The van der Waals surface area contributed by atoms with E-state index in [-0.39, 0.29) is 12.6 Å². The highest BCUT2D eigenvalue weighted by molar-refractivity contribution is 5.90. The molecule has 0 unspecified atom stereocenters. The highest BCUT2D eigenvalue weighted by Crippen LogP contribution is 2.39. The molecule has 0 bridgehead atoms. The summed E-state index contributed by atoms with van der Waals surface area (Å²) in [5, 5.41) is 13.9. The van der Waals surface area contributed by atoms with Crippen molar-refractivity contribution in [2.75, 3.05) is 39.8 Å². The van der Waals surface area contributed by atoms with E-state index in [9.17, 15) is 4.79 Å². The van der Waals surface area contributed by atoms with Crippen LogP contribution in [-0.4, -0.2) is 45.6 Å². The summed E-state index contributed by atoms with van der Waals surface area (Å²) in [6, 6.07) is 2.90. The lowest BCUT2D eigenvalue weighted by Gasteiger charge is -2.14. The lowest BCUT2D eigenvalue weighted by Crippen LogP contribution is -2.29. The summed E-state index contributed by atoms with van der Waals surface area (Å²) >= 11 is 0. The Labute approximate surface area is 117 Å². The first-order chi connectivity index (χ1) is 9.65. The highest BCUT2D eigenvalue weighted by Gasteiger charge is 2.14. The maximum atomic E-state index is 11.6. The van der Waals surface area contributed by atoms with Crippen LogP contribution in [0.4, 0.5) is 10.5 Å². The van der Waals surface area contributed by atoms with E-state index in [1.54, 1.807) is 12.1 Å². The second-order valence-electron chi connectivity index (χ2n) is 3.87. The maximum absolute atomic E-state index is 11.6. The number of ether oxygens (including phenoxy) is 3. The Bertz CT molecular complexity index is 425. The van der Waals surface area contributed by atoms with Gasteiger partial charge in [-0.05, 0) is 6.42 Å². The van der Waals surface area contributed by atoms with Gasteiger partial charge >= 0.3 is 6.03 Å². The Morgan fingerprint density at radius 2 is 1.75 bits per heavy atom. The number of hydrogen-bond donors (Lipinski definition) is 3. The van der Waals surface area contributed by atoms with Gasteiger partial charge in [-0.2, -0.15) is 0 Å². The molecule has 3 N–H and O–H groups in total. The summed E-state index contributed by atoms with van der Waals surface area (Å²) in [6.45, 7) is 0.428. The van der Waals surface area contributed by atoms with Crippen LogP contribution in [0, 0.1) is 0 Å². The molecule has 0 aromatic heterocycles. The molecule has 0 aliphatic heterocycles. The van der Waals surface area contributed by atoms with Crippen molar-refractivity contribution < 1.29 is 24.1 Å². The van der Waals surface area contributed by atoms with E-state index in [4.69, 9.17) is 19.3 Å². The number of amides is 2. The number of hydrogen-bond acceptors (Lipinski definition) is 5. The van der Waals surface area contributed by atoms with Crippen LogP contribution in [0.2, 0.25) is 0 Å². The van der Waals surface area contributed by atoms with Gasteiger partial charge in [-0.25, -0.2) is 4.79 Å². The van der Waals surface area contributed by atoms with Crippen molar-refractivity contribution in [1.82, 2.24) is 5.32 Å². The van der Waals surface area contributed by atoms with Gasteiger partial charge in [0.1, 0.15) is 0 Å². The molecule has 7 heteroatoms. The van der Waals surface area contributed by atoms with Crippen LogP contribution in [0.15, 0.2) is 12.1 Å². The molecular weight excluding hydrogens is 264 g/mol. The zero-order chi connectivity index (χ0) is 15.0. The van der Waals surface area contributed by atoms with Crippen LogP contribution in [0.5, 0.6) is 17.2 Å². The number of aliphatic hydroxyl groups is 1. The van der Waals surface area contributed by atoms with E-state index in [1.807, 2.05) is 0 Å². The standard InChI is InChI=1S/C13H20N2O5/c1-18-10-7-9(8-11(19-2)12(10)20-3)15-13(17)14-5-4-6-16/h7-8,16H,4-6H2,1-3H3,(H2,14,15,17). The molecule has 2 amide bonds. The molecule has 1 aromatic carbocycles. The molecule has 1 aromatic rings. The average Bonchev–Trinajstić information content (AvgIpc) is 2.46. The first-order valence-electron chi connectivity index (χ1n) is 6.12. The number of aliphatic hydroxyl groups excluding tert-OH is 1. The summed E-state index contributed by atoms with van der Waals surface area (Å²) in [4.78, 5) is 11.6. The van der Waals surface area contributed by atoms with Crippen LogP contribution in [0.1, 0.15) is 6.42 Å². The van der Waals surface area contributed by atoms with Crippen LogP contribution in [0.3, 0.4) is 0 Å². The highest BCUT2D eigenvalue weighted by atomic mass is 16.5. The lowest BCUT2D eigenvalue weighted by atomic mass is 10.2. The zero-order valence-electron chi connectivity index (χ0n) is 11.9. The number of rotatable bonds is 7. The van der Waals surface area contributed by atoms with Crippen LogP contribution >= 0.6 is 0 Å². The number of nitrogens with one attached hydrogen (secondary N) is 2. The smallest absolute Gasteiger partial charge is 0.319 e. The van der Waals surface area contributed by atoms with Gasteiger partial charge in [0, 0.05) is 25.3 Å².